The zero-order valence-corrected chi connectivity index (χ0v) is 14.8. The van der Waals surface area contributed by atoms with Crippen LogP contribution in [0.3, 0.4) is 0 Å². The van der Waals surface area contributed by atoms with Crippen molar-refractivity contribution in [1.29, 1.82) is 0 Å². The van der Waals surface area contributed by atoms with Crippen LogP contribution in [0.4, 0.5) is 0 Å². The molecule has 0 amide bonds. The van der Waals surface area contributed by atoms with Gasteiger partial charge in [0.15, 0.2) is 0 Å². The highest BCUT2D eigenvalue weighted by molar-refractivity contribution is 7.89. The third-order valence-corrected chi connectivity index (χ3v) is 5.94. The third kappa shape index (κ3) is 3.61. The van der Waals surface area contributed by atoms with Gasteiger partial charge in [-0.15, -0.1) is 0 Å². The average molecular weight is 346 g/mol. The summed E-state index contributed by atoms with van der Waals surface area (Å²) in [5, 5.41) is 3.39. The normalized spacial score (nSPS) is 13.8. The molecule has 24 heavy (non-hydrogen) atoms. The van der Waals surface area contributed by atoms with E-state index in [1.54, 1.807) is 12.1 Å². The summed E-state index contributed by atoms with van der Waals surface area (Å²) < 4.78 is 30.8. The Kier molecular flexibility index (Phi) is 4.89. The lowest BCUT2D eigenvalue weighted by Gasteiger charge is -2.12. The first-order valence-corrected chi connectivity index (χ1v) is 9.37. The maximum absolute atomic E-state index is 12.0. The minimum atomic E-state index is -3.36. The second-order valence-corrected chi connectivity index (χ2v) is 8.23. The van der Waals surface area contributed by atoms with Crippen molar-refractivity contribution in [3.8, 4) is 5.75 Å². The van der Waals surface area contributed by atoms with E-state index < -0.39 is 10.0 Å². The van der Waals surface area contributed by atoms with E-state index in [1.165, 1.54) is 29.5 Å². The van der Waals surface area contributed by atoms with Gasteiger partial charge in [-0.05, 0) is 34.9 Å². The fraction of sp³-hybridized carbons (Fsp3) is 0.333. The largest absolute Gasteiger partial charge is 0.493 e. The fourth-order valence-electron chi connectivity index (χ4n) is 2.69. The number of fused-ring (bicyclic) bond motifs is 1. The summed E-state index contributed by atoms with van der Waals surface area (Å²) in [6.07, 6.45) is 0.977. The lowest BCUT2D eigenvalue weighted by atomic mass is 10.1. The molecule has 128 valence electrons. The molecule has 0 aliphatic carbocycles. The lowest BCUT2D eigenvalue weighted by Crippen LogP contribution is -2.22. The SMILES string of the molecule is CN(C)S(=O)(=O)c1ccc(CNCc2ccc3c(c2)CCO3)cc1. The van der Waals surface area contributed by atoms with Crippen molar-refractivity contribution in [1.82, 2.24) is 9.62 Å². The van der Waals surface area contributed by atoms with Gasteiger partial charge >= 0.3 is 0 Å². The molecule has 0 saturated carbocycles. The molecule has 0 radical (unpaired) electrons. The number of hydrogen-bond acceptors (Lipinski definition) is 4. The average Bonchev–Trinajstić information content (AvgIpc) is 3.03. The minimum absolute atomic E-state index is 0.315. The van der Waals surface area contributed by atoms with Crippen molar-refractivity contribution in [3.63, 3.8) is 0 Å². The molecular weight excluding hydrogens is 324 g/mol. The summed E-state index contributed by atoms with van der Waals surface area (Å²) in [4.78, 5) is 0.315. The van der Waals surface area contributed by atoms with E-state index in [2.05, 4.69) is 17.4 Å². The van der Waals surface area contributed by atoms with E-state index in [4.69, 9.17) is 4.74 Å². The van der Waals surface area contributed by atoms with Crippen molar-refractivity contribution >= 4 is 10.0 Å². The molecule has 0 spiro atoms. The van der Waals surface area contributed by atoms with Crippen molar-refractivity contribution < 1.29 is 13.2 Å². The Labute approximate surface area is 143 Å². The molecule has 5 nitrogen and oxygen atoms in total. The van der Waals surface area contributed by atoms with Gasteiger partial charge in [-0.2, -0.15) is 0 Å². The number of sulfonamides is 1. The molecule has 2 aromatic rings. The van der Waals surface area contributed by atoms with Crippen LogP contribution >= 0.6 is 0 Å². The quantitative estimate of drug-likeness (QED) is 0.871. The summed E-state index contributed by atoms with van der Waals surface area (Å²) in [5.74, 6) is 0.997. The molecule has 0 unspecified atom stereocenters. The Morgan fingerprint density at radius 1 is 1.04 bits per heavy atom. The second kappa shape index (κ2) is 6.93. The smallest absolute Gasteiger partial charge is 0.242 e. The monoisotopic (exact) mass is 346 g/mol. The van der Waals surface area contributed by atoms with E-state index in [1.807, 2.05) is 18.2 Å². The standard InChI is InChI=1S/C18H22N2O3S/c1-20(2)24(21,22)17-6-3-14(4-7-17)12-19-13-15-5-8-18-16(11-15)9-10-23-18/h3-8,11,19H,9-10,12-13H2,1-2H3. The van der Waals surface area contributed by atoms with Crippen molar-refractivity contribution in [2.24, 2.45) is 0 Å². The molecule has 1 aliphatic rings. The minimum Gasteiger partial charge on any atom is -0.493 e. The van der Waals surface area contributed by atoms with Crippen LogP contribution in [-0.2, 0) is 29.5 Å². The first-order valence-electron chi connectivity index (χ1n) is 7.93. The number of hydrogen-bond donors (Lipinski definition) is 1. The number of ether oxygens (including phenoxy) is 1. The van der Waals surface area contributed by atoms with Crippen LogP contribution in [0, 0.1) is 0 Å². The van der Waals surface area contributed by atoms with E-state index in [0.717, 1.165) is 30.9 Å². The predicted molar refractivity (Wildman–Crippen MR) is 93.5 cm³/mol. The number of benzene rings is 2. The van der Waals surface area contributed by atoms with Crippen LogP contribution in [0.25, 0.3) is 0 Å². The summed E-state index contributed by atoms with van der Waals surface area (Å²) in [5.41, 5.74) is 3.55. The van der Waals surface area contributed by atoms with E-state index >= 15 is 0 Å². The molecule has 3 rings (SSSR count). The van der Waals surface area contributed by atoms with Gasteiger partial charge in [-0.3, -0.25) is 0 Å². The van der Waals surface area contributed by atoms with Gasteiger partial charge in [-0.25, -0.2) is 12.7 Å². The molecule has 2 aromatic carbocycles. The summed E-state index contributed by atoms with van der Waals surface area (Å²) >= 11 is 0. The molecule has 6 heteroatoms. The maximum atomic E-state index is 12.0. The molecule has 0 aromatic heterocycles. The molecule has 0 fully saturated rings. The summed E-state index contributed by atoms with van der Waals surface area (Å²) in [7, 11) is -0.294. The van der Waals surface area contributed by atoms with E-state index in [0.29, 0.717) is 11.4 Å². The molecule has 1 aliphatic heterocycles. The van der Waals surface area contributed by atoms with Crippen LogP contribution in [0.1, 0.15) is 16.7 Å². The Morgan fingerprint density at radius 3 is 2.42 bits per heavy atom. The highest BCUT2D eigenvalue weighted by atomic mass is 32.2. The van der Waals surface area contributed by atoms with E-state index in [-0.39, 0.29) is 0 Å². The van der Waals surface area contributed by atoms with Crippen LogP contribution in [0.2, 0.25) is 0 Å². The number of nitrogens with one attached hydrogen (secondary N) is 1. The zero-order chi connectivity index (χ0) is 17.2. The highest BCUT2D eigenvalue weighted by Crippen LogP contribution is 2.25. The van der Waals surface area contributed by atoms with Gasteiger partial charge in [0.1, 0.15) is 5.75 Å². The zero-order valence-electron chi connectivity index (χ0n) is 14.0. The Morgan fingerprint density at radius 2 is 1.71 bits per heavy atom. The van der Waals surface area contributed by atoms with Crippen molar-refractivity contribution in [2.75, 3.05) is 20.7 Å². The first-order chi connectivity index (χ1) is 11.5. The van der Waals surface area contributed by atoms with Crippen LogP contribution in [0.5, 0.6) is 5.75 Å². The Bertz CT molecular complexity index is 815. The van der Waals surface area contributed by atoms with Crippen LogP contribution < -0.4 is 10.1 Å². The van der Waals surface area contributed by atoms with Crippen LogP contribution in [0.15, 0.2) is 47.4 Å². The third-order valence-electron chi connectivity index (χ3n) is 4.11. The van der Waals surface area contributed by atoms with Crippen LogP contribution in [-0.4, -0.2) is 33.4 Å². The molecule has 0 bridgehead atoms. The molecule has 1 N–H and O–H groups in total. The van der Waals surface area contributed by atoms with Crippen molar-refractivity contribution in [2.45, 2.75) is 24.4 Å². The molecule has 1 heterocycles. The predicted octanol–water partition coefficient (Wildman–Crippen LogP) is 2.16. The van der Waals surface area contributed by atoms with Gasteiger partial charge in [0.25, 0.3) is 0 Å². The maximum Gasteiger partial charge on any atom is 0.242 e. The number of nitrogens with zero attached hydrogens (tertiary/aromatic N) is 1. The van der Waals surface area contributed by atoms with Crippen molar-refractivity contribution in [3.05, 3.63) is 59.2 Å². The van der Waals surface area contributed by atoms with Gasteiger partial charge in [-0.1, -0.05) is 24.3 Å². The van der Waals surface area contributed by atoms with E-state index in [9.17, 15) is 8.42 Å². The topological polar surface area (TPSA) is 58.6 Å². The lowest BCUT2D eigenvalue weighted by molar-refractivity contribution is 0.357. The Balaban J connectivity index is 1.57. The molecule has 0 saturated heterocycles. The fourth-order valence-corrected chi connectivity index (χ4v) is 3.59. The molecular formula is C18H22N2O3S. The van der Waals surface area contributed by atoms with Gasteiger partial charge < -0.3 is 10.1 Å². The second-order valence-electron chi connectivity index (χ2n) is 6.08. The number of rotatable bonds is 6. The Hall–Kier alpha value is -1.89. The highest BCUT2D eigenvalue weighted by Gasteiger charge is 2.16. The first kappa shape index (κ1) is 17.0. The molecule has 0 atom stereocenters. The van der Waals surface area contributed by atoms with Gasteiger partial charge in [0.05, 0.1) is 11.5 Å². The van der Waals surface area contributed by atoms with Gasteiger partial charge in [0, 0.05) is 33.6 Å². The summed E-state index contributed by atoms with van der Waals surface area (Å²) in [6.45, 7) is 2.23. The summed E-state index contributed by atoms with van der Waals surface area (Å²) in [6, 6.07) is 13.3. The van der Waals surface area contributed by atoms with Gasteiger partial charge in [0.2, 0.25) is 10.0 Å².